The first kappa shape index (κ1) is 24.6. The van der Waals surface area contributed by atoms with E-state index in [1.807, 2.05) is 0 Å². The number of anilines is 1. The Morgan fingerprint density at radius 3 is 2.26 bits per heavy atom. The summed E-state index contributed by atoms with van der Waals surface area (Å²) in [4.78, 5) is 24.5. The quantitative estimate of drug-likeness (QED) is 0.515. The highest BCUT2D eigenvalue weighted by Gasteiger charge is 2.31. The largest absolute Gasteiger partial charge is 0.493 e. The Morgan fingerprint density at radius 2 is 1.71 bits per heavy atom. The third kappa shape index (κ3) is 5.73. The van der Waals surface area contributed by atoms with E-state index in [1.165, 1.54) is 27.4 Å². The number of benzene rings is 2. The summed E-state index contributed by atoms with van der Waals surface area (Å²) in [5.41, 5.74) is -1.29. The summed E-state index contributed by atoms with van der Waals surface area (Å²) >= 11 is 9.04. The van der Waals surface area contributed by atoms with Crippen LogP contribution in [0.1, 0.15) is 15.9 Å². The minimum Gasteiger partial charge on any atom is -0.493 e. The van der Waals surface area contributed by atoms with Crippen LogP contribution >= 0.6 is 27.5 Å². The Morgan fingerprint density at radius 1 is 1.06 bits per heavy atom. The smallest absolute Gasteiger partial charge is 0.416 e. The highest BCUT2D eigenvalue weighted by Crippen LogP contribution is 2.45. The maximum Gasteiger partial charge on any atom is 0.416 e. The number of ether oxygens (including phenoxy) is 4. The van der Waals surface area contributed by atoms with Crippen molar-refractivity contribution in [3.8, 4) is 17.2 Å². The number of carbonyl (C=O) groups is 2. The molecule has 7 nitrogen and oxygen atoms in total. The van der Waals surface area contributed by atoms with E-state index in [-0.39, 0.29) is 38.0 Å². The molecule has 0 saturated carbocycles. The molecule has 0 unspecified atom stereocenters. The van der Waals surface area contributed by atoms with Crippen LogP contribution in [0.5, 0.6) is 17.2 Å². The Kier molecular flexibility index (Phi) is 8.02. The molecule has 0 aromatic heterocycles. The second-order valence-corrected chi connectivity index (χ2v) is 7.02. The molecule has 0 bridgehead atoms. The van der Waals surface area contributed by atoms with Gasteiger partial charge in [-0.25, -0.2) is 4.79 Å². The van der Waals surface area contributed by atoms with Gasteiger partial charge < -0.3 is 24.3 Å². The number of alkyl halides is 3. The summed E-state index contributed by atoms with van der Waals surface area (Å²) in [5, 5.41) is 2.07. The van der Waals surface area contributed by atoms with Gasteiger partial charge in [0.1, 0.15) is 0 Å². The van der Waals surface area contributed by atoms with E-state index >= 15 is 0 Å². The lowest BCUT2D eigenvalue weighted by molar-refractivity contribution is -0.137. The molecule has 2 aromatic rings. The van der Waals surface area contributed by atoms with E-state index in [4.69, 9.17) is 30.5 Å². The molecule has 1 N–H and O–H groups in total. The van der Waals surface area contributed by atoms with Crippen molar-refractivity contribution in [2.24, 2.45) is 0 Å². The number of amides is 1. The minimum atomic E-state index is -4.62. The molecule has 1 amide bonds. The number of hydrogen-bond donors (Lipinski definition) is 1. The van der Waals surface area contributed by atoms with Crippen molar-refractivity contribution in [3.63, 3.8) is 0 Å². The Labute approximate surface area is 188 Å². The zero-order valence-electron chi connectivity index (χ0n) is 16.4. The SMILES string of the molecule is COc1cc(C(=O)OCC(=O)Nc2cc(C(F)(F)F)ccc2Cl)c(Br)c(OC)c1OC. The maximum atomic E-state index is 12.8. The van der Waals surface area contributed by atoms with Crippen LogP contribution in [0.4, 0.5) is 18.9 Å². The van der Waals surface area contributed by atoms with Gasteiger partial charge in [-0.1, -0.05) is 11.6 Å². The van der Waals surface area contributed by atoms with Crippen molar-refractivity contribution in [3.05, 3.63) is 44.9 Å². The molecule has 0 saturated heterocycles. The van der Waals surface area contributed by atoms with Gasteiger partial charge in [-0.3, -0.25) is 4.79 Å². The number of carbonyl (C=O) groups excluding carboxylic acids is 2. The highest BCUT2D eigenvalue weighted by atomic mass is 79.9. The molecule has 0 fully saturated rings. The van der Waals surface area contributed by atoms with Gasteiger partial charge in [-0.2, -0.15) is 13.2 Å². The predicted octanol–water partition coefficient (Wildman–Crippen LogP) is 4.94. The monoisotopic (exact) mass is 525 g/mol. The van der Waals surface area contributed by atoms with Gasteiger partial charge in [0.25, 0.3) is 5.91 Å². The molecular weight excluding hydrogens is 511 g/mol. The van der Waals surface area contributed by atoms with E-state index in [9.17, 15) is 22.8 Å². The second kappa shape index (κ2) is 10.1. The standard InChI is InChI=1S/C19H16BrClF3NO6/c1-28-13-7-10(15(20)17(30-3)16(13)29-2)18(27)31-8-14(26)25-12-6-9(19(22,23)24)4-5-11(12)21/h4-7H,8H2,1-3H3,(H,25,26). The van der Waals surface area contributed by atoms with E-state index in [0.717, 1.165) is 12.1 Å². The lowest BCUT2D eigenvalue weighted by Crippen LogP contribution is -2.21. The first-order valence-corrected chi connectivity index (χ1v) is 9.52. The van der Waals surface area contributed by atoms with Crippen LogP contribution in [0.3, 0.4) is 0 Å². The molecule has 12 heteroatoms. The van der Waals surface area contributed by atoms with Gasteiger partial charge in [0.15, 0.2) is 18.1 Å². The fourth-order valence-electron chi connectivity index (χ4n) is 2.46. The number of methoxy groups -OCH3 is 3. The Balaban J connectivity index is 2.16. The molecule has 0 aliphatic heterocycles. The van der Waals surface area contributed by atoms with Gasteiger partial charge >= 0.3 is 12.1 Å². The molecule has 0 atom stereocenters. The van der Waals surface area contributed by atoms with Crippen molar-refractivity contribution in [1.82, 2.24) is 0 Å². The fourth-order valence-corrected chi connectivity index (χ4v) is 3.25. The summed E-state index contributed by atoms with van der Waals surface area (Å²) in [7, 11) is 4.09. The van der Waals surface area contributed by atoms with Crippen LogP contribution in [0.2, 0.25) is 5.02 Å². The van der Waals surface area contributed by atoms with Crippen LogP contribution in [-0.4, -0.2) is 39.8 Å². The minimum absolute atomic E-state index is 0.0283. The van der Waals surface area contributed by atoms with Gasteiger partial charge in [0.2, 0.25) is 5.75 Å². The van der Waals surface area contributed by atoms with Crippen molar-refractivity contribution in [2.75, 3.05) is 33.3 Å². The molecule has 31 heavy (non-hydrogen) atoms. The first-order chi connectivity index (χ1) is 14.5. The van der Waals surface area contributed by atoms with Crippen LogP contribution in [0.15, 0.2) is 28.7 Å². The topological polar surface area (TPSA) is 83.1 Å². The number of halogens is 5. The van der Waals surface area contributed by atoms with Gasteiger partial charge in [-0.05, 0) is 40.2 Å². The van der Waals surface area contributed by atoms with Crippen LogP contribution < -0.4 is 19.5 Å². The van der Waals surface area contributed by atoms with Crippen molar-refractivity contribution >= 4 is 45.1 Å². The number of esters is 1. The summed E-state index contributed by atoms with van der Waals surface area (Å²) in [6.07, 6.45) is -4.62. The summed E-state index contributed by atoms with van der Waals surface area (Å²) < 4.78 is 59.2. The molecule has 2 aromatic carbocycles. The van der Waals surface area contributed by atoms with Crippen molar-refractivity contribution in [1.29, 1.82) is 0 Å². The van der Waals surface area contributed by atoms with Crippen LogP contribution in [0.25, 0.3) is 0 Å². The fraction of sp³-hybridized carbons (Fsp3) is 0.263. The average molecular weight is 527 g/mol. The lowest BCUT2D eigenvalue weighted by atomic mass is 10.2. The Bertz CT molecular complexity index is 1000. The molecule has 168 valence electrons. The van der Waals surface area contributed by atoms with Crippen LogP contribution in [-0.2, 0) is 15.7 Å². The normalized spacial score (nSPS) is 11.0. The zero-order valence-corrected chi connectivity index (χ0v) is 18.7. The Hall–Kier alpha value is -2.66. The first-order valence-electron chi connectivity index (χ1n) is 8.35. The molecule has 0 spiro atoms. The van der Waals surface area contributed by atoms with Gasteiger partial charge in [0, 0.05) is 0 Å². The van der Waals surface area contributed by atoms with Gasteiger partial charge in [-0.15, -0.1) is 0 Å². The second-order valence-electron chi connectivity index (χ2n) is 5.82. The van der Waals surface area contributed by atoms with E-state index in [0.29, 0.717) is 6.07 Å². The average Bonchev–Trinajstić information content (AvgIpc) is 2.72. The molecule has 0 aliphatic rings. The van der Waals surface area contributed by atoms with E-state index < -0.39 is 30.2 Å². The summed E-state index contributed by atoms with van der Waals surface area (Å²) in [6.45, 7) is -0.783. The van der Waals surface area contributed by atoms with Gasteiger partial charge in [0.05, 0.1) is 47.6 Å². The maximum absolute atomic E-state index is 12.8. The van der Waals surface area contributed by atoms with Crippen molar-refractivity contribution < 1.29 is 41.7 Å². The molecular formula is C19H16BrClF3NO6. The summed E-state index contributed by atoms with van der Waals surface area (Å²) in [6, 6.07) is 3.77. The molecule has 0 radical (unpaired) electrons. The van der Waals surface area contributed by atoms with Crippen LogP contribution in [0, 0.1) is 0 Å². The lowest BCUT2D eigenvalue weighted by Gasteiger charge is -2.16. The number of hydrogen-bond acceptors (Lipinski definition) is 6. The van der Waals surface area contributed by atoms with E-state index in [2.05, 4.69) is 21.2 Å². The molecule has 0 aliphatic carbocycles. The third-order valence-corrected chi connectivity index (χ3v) is 5.01. The molecule has 2 rings (SSSR count). The number of rotatable bonds is 7. The zero-order chi connectivity index (χ0) is 23.3. The molecule has 0 heterocycles. The predicted molar refractivity (Wildman–Crippen MR) is 109 cm³/mol. The highest BCUT2D eigenvalue weighted by molar-refractivity contribution is 9.10. The number of nitrogens with one attached hydrogen (secondary N) is 1. The third-order valence-electron chi connectivity index (χ3n) is 3.89. The van der Waals surface area contributed by atoms with E-state index in [1.54, 1.807) is 0 Å². The summed E-state index contributed by atoms with van der Waals surface area (Å²) in [5.74, 6) is -1.25. The van der Waals surface area contributed by atoms with Crippen molar-refractivity contribution in [2.45, 2.75) is 6.18 Å².